The monoisotopic (exact) mass is 336 g/mol. The van der Waals surface area contributed by atoms with Crippen LogP contribution in [-0.2, 0) is 4.74 Å². The van der Waals surface area contributed by atoms with Crippen molar-refractivity contribution in [1.29, 1.82) is 0 Å². The maximum Gasteiger partial charge on any atom is 0.320 e. The van der Waals surface area contributed by atoms with Gasteiger partial charge >= 0.3 is 6.03 Å². The molecule has 8 heteroatoms. The lowest BCUT2D eigenvalue weighted by atomic mass is 10.2. The average Bonchev–Trinajstić information content (AvgIpc) is 3.21. The van der Waals surface area contributed by atoms with E-state index in [9.17, 15) is 4.79 Å². The van der Waals surface area contributed by atoms with Crippen LogP contribution in [0.4, 0.5) is 10.6 Å². The van der Waals surface area contributed by atoms with Crippen LogP contribution in [0, 0.1) is 6.92 Å². The summed E-state index contributed by atoms with van der Waals surface area (Å²) in [6.45, 7) is 5.51. The van der Waals surface area contributed by atoms with Crippen LogP contribution < -0.4 is 10.6 Å². The van der Waals surface area contributed by atoms with Crippen LogP contribution in [-0.4, -0.2) is 48.9 Å². The molecule has 0 spiro atoms. The van der Waals surface area contributed by atoms with E-state index in [0.717, 1.165) is 26.3 Å². The molecule has 1 atom stereocenters. The lowest BCUT2D eigenvalue weighted by Gasteiger charge is -2.34. The number of thiophene rings is 1. The van der Waals surface area contributed by atoms with Gasteiger partial charge in [-0.2, -0.15) is 0 Å². The smallest absolute Gasteiger partial charge is 0.320 e. The highest BCUT2D eigenvalue weighted by Crippen LogP contribution is 2.25. The number of nitrogens with zero attached hydrogens (tertiary/aromatic N) is 2. The van der Waals surface area contributed by atoms with Crippen molar-refractivity contribution in [3.8, 4) is 0 Å². The van der Waals surface area contributed by atoms with Gasteiger partial charge in [0.2, 0.25) is 0 Å². The van der Waals surface area contributed by atoms with E-state index >= 15 is 0 Å². The molecule has 1 saturated heterocycles. The predicted octanol–water partition coefficient (Wildman–Crippen LogP) is 2.24. The zero-order valence-corrected chi connectivity index (χ0v) is 13.8. The van der Waals surface area contributed by atoms with E-state index < -0.39 is 0 Å². The van der Waals surface area contributed by atoms with Crippen LogP contribution in [0.3, 0.4) is 0 Å². The maximum absolute atomic E-state index is 12.0. The van der Waals surface area contributed by atoms with Gasteiger partial charge in [-0.3, -0.25) is 10.2 Å². The Bertz CT molecular complexity index is 622. The summed E-state index contributed by atoms with van der Waals surface area (Å²) in [6, 6.07) is 5.69. The molecule has 0 saturated carbocycles. The third-order valence-electron chi connectivity index (χ3n) is 3.68. The number of nitrogens with one attached hydrogen (secondary N) is 2. The zero-order chi connectivity index (χ0) is 16.1. The first-order valence-electron chi connectivity index (χ1n) is 7.56. The highest BCUT2D eigenvalue weighted by atomic mass is 32.1. The van der Waals surface area contributed by atoms with Crippen LogP contribution >= 0.6 is 11.3 Å². The first-order valence-corrected chi connectivity index (χ1v) is 8.44. The Morgan fingerprint density at radius 1 is 1.48 bits per heavy atom. The highest BCUT2D eigenvalue weighted by Gasteiger charge is 2.24. The quantitative estimate of drug-likeness (QED) is 0.875. The molecule has 0 unspecified atom stereocenters. The van der Waals surface area contributed by atoms with E-state index in [-0.39, 0.29) is 12.1 Å². The minimum atomic E-state index is -0.284. The molecular weight excluding hydrogens is 316 g/mol. The molecule has 1 fully saturated rings. The van der Waals surface area contributed by atoms with Gasteiger partial charge in [0, 0.05) is 30.6 Å². The molecule has 1 aliphatic heterocycles. The fourth-order valence-electron chi connectivity index (χ4n) is 2.55. The maximum atomic E-state index is 12.0. The molecule has 23 heavy (non-hydrogen) atoms. The lowest BCUT2D eigenvalue weighted by molar-refractivity contribution is 0.0175. The van der Waals surface area contributed by atoms with Crippen molar-refractivity contribution in [2.45, 2.75) is 13.0 Å². The molecule has 2 aromatic rings. The van der Waals surface area contributed by atoms with Crippen molar-refractivity contribution < 1.29 is 14.1 Å². The number of morpholine rings is 1. The average molecular weight is 336 g/mol. The number of ether oxygens (including phenoxy) is 1. The number of hydrogen-bond acceptors (Lipinski definition) is 6. The zero-order valence-electron chi connectivity index (χ0n) is 12.9. The molecule has 3 heterocycles. The van der Waals surface area contributed by atoms with Crippen molar-refractivity contribution in [1.82, 2.24) is 15.4 Å². The molecule has 7 nitrogen and oxygen atoms in total. The summed E-state index contributed by atoms with van der Waals surface area (Å²) in [7, 11) is 0. The number of amides is 2. The summed E-state index contributed by atoms with van der Waals surface area (Å²) >= 11 is 1.70. The molecule has 0 bridgehead atoms. The van der Waals surface area contributed by atoms with Gasteiger partial charge in [0.05, 0.1) is 19.3 Å². The normalized spacial score (nSPS) is 16.9. The third-order valence-corrected chi connectivity index (χ3v) is 4.66. The van der Waals surface area contributed by atoms with Crippen molar-refractivity contribution in [2.24, 2.45) is 0 Å². The number of carbonyl (C=O) groups excluding carboxylic acids is 1. The summed E-state index contributed by atoms with van der Waals surface area (Å²) in [5.41, 5.74) is 0. The standard InChI is InChI=1S/C15H20N4O3S/c1-11-9-14(18-22-11)17-15(20)16-10-12(13-3-2-8-23-13)19-4-6-21-7-5-19/h2-3,8-9,12H,4-7,10H2,1H3,(H2,16,17,18,20)/t12-/m1/s1. The fourth-order valence-corrected chi connectivity index (χ4v) is 3.42. The number of anilines is 1. The lowest BCUT2D eigenvalue weighted by Crippen LogP contribution is -2.44. The van der Waals surface area contributed by atoms with E-state index in [1.807, 2.05) is 6.07 Å². The van der Waals surface area contributed by atoms with Crippen molar-refractivity contribution in [3.63, 3.8) is 0 Å². The molecule has 0 radical (unpaired) electrons. The molecule has 2 amide bonds. The topological polar surface area (TPSA) is 79.6 Å². The van der Waals surface area contributed by atoms with Gasteiger partial charge in [0.25, 0.3) is 0 Å². The van der Waals surface area contributed by atoms with Gasteiger partial charge in [0.1, 0.15) is 5.76 Å². The second kappa shape index (κ2) is 7.58. The van der Waals surface area contributed by atoms with Gasteiger partial charge in [-0.25, -0.2) is 4.79 Å². The number of urea groups is 1. The molecule has 3 rings (SSSR count). The van der Waals surface area contributed by atoms with Crippen LogP contribution in [0.2, 0.25) is 0 Å². The Labute approximate surface area is 138 Å². The SMILES string of the molecule is Cc1cc(NC(=O)NC[C@H](c2cccs2)N2CCOCC2)no1. The van der Waals surface area contributed by atoms with E-state index in [4.69, 9.17) is 9.26 Å². The van der Waals surface area contributed by atoms with Gasteiger partial charge in [-0.15, -0.1) is 11.3 Å². The van der Waals surface area contributed by atoms with Crippen LogP contribution in [0.5, 0.6) is 0 Å². The summed E-state index contributed by atoms with van der Waals surface area (Å²) in [4.78, 5) is 15.6. The molecular formula is C15H20N4O3S. The second-order valence-corrected chi connectivity index (χ2v) is 6.32. The van der Waals surface area contributed by atoms with E-state index in [2.05, 4.69) is 32.1 Å². The Morgan fingerprint density at radius 3 is 2.96 bits per heavy atom. The number of rotatable bonds is 5. The van der Waals surface area contributed by atoms with Gasteiger partial charge in [0.15, 0.2) is 5.82 Å². The second-order valence-electron chi connectivity index (χ2n) is 5.34. The third kappa shape index (κ3) is 4.31. The van der Waals surface area contributed by atoms with Crippen molar-refractivity contribution >= 4 is 23.2 Å². The summed E-state index contributed by atoms with van der Waals surface area (Å²) < 4.78 is 10.3. The Kier molecular flexibility index (Phi) is 5.27. The summed E-state index contributed by atoms with van der Waals surface area (Å²) in [5.74, 6) is 1.07. The number of aryl methyl sites for hydroxylation is 1. The molecule has 0 aromatic carbocycles. The predicted molar refractivity (Wildman–Crippen MR) is 87.7 cm³/mol. The minimum absolute atomic E-state index is 0.156. The van der Waals surface area contributed by atoms with E-state index in [1.54, 1.807) is 24.3 Å². The van der Waals surface area contributed by atoms with Gasteiger partial charge in [-0.05, 0) is 18.4 Å². The van der Waals surface area contributed by atoms with Gasteiger partial charge < -0.3 is 14.6 Å². The fraction of sp³-hybridized carbons (Fsp3) is 0.467. The number of carbonyl (C=O) groups is 1. The van der Waals surface area contributed by atoms with E-state index in [0.29, 0.717) is 18.1 Å². The molecule has 2 N–H and O–H groups in total. The molecule has 1 aliphatic rings. The Balaban J connectivity index is 1.58. The highest BCUT2D eigenvalue weighted by molar-refractivity contribution is 7.10. The molecule has 124 valence electrons. The van der Waals surface area contributed by atoms with Crippen LogP contribution in [0.25, 0.3) is 0 Å². The van der Waals surface area contributed by atoms with Crippen molar-refractivity contribution in [2.75, 3.05) is 38.2 Å². The first kappa shape index (κ1) is 16.0. The summed E-state index contributed by atoms with van der Waals surface area (Å²) in [5, 5.41) is 11.4. The Morgan fingerprint density at radius 2 is 2.30 bits per heavy atom. The molecule has 0 aliphatic carbocycles. The van der Waals surface area contributed by atoms with Crippen LogP contribution in [0.15, 0.2) is 28.1 Å². The number of hydrogen-bond donors (Lipinski definition) is 2. The summed E-state index contributed by atoms with van der Waals surface area (Å²) in [6.07, 6.45) is 0. The molecule has 2 aromatic heterocycles. The van der Waals surface area contributed by atoms with E-state index in [1.165, 1.54) is 4.88 Å². The van der Waals surface area contributed by atoms with Gasteiger partial charge in [-0.1, -0.05) is 11.2 Å². The Hall–Kier alpha value is -1.90. The largest absolute Gasteiger partial charge is 0.379 e. The number of aromatic nitrogens is 1. The van der Waals surface area contributed by atoms with Crippen molar-refractivity contribution in [3.05, 3.63) is 34.2 Å². The van der Waals surface area contributed by atoms with Crippen LogP contribution in [0.1, 0.15) is 16.7 Å². The minimum Gasteiger partial charge on any atom is -0.379 e. The first-order chi connectivity index (χ1) is 11.2.